The fourth-order valence-corrected chi connectivity index (χ4v) is 2.66. The van der Waals surface area contributed by atoms with Gasteiger partial charge in [-0.2, -0.15) is 0 Å². The second kappa shape index (κ2) is 4.37. The van der Waals surface area contributed by atoms with Crippen molar-refractivity contribution in [1.29, 1.82) is 0 Å². The molecule has 1 saturated carbocycles. The Balaban J connectivity index is 1.96. The van der Waals surface area contributed by atoms with Gasteiger partial charge in [0.05, 0.1) is 0 Å². The highest BCUT2D eigenvalue weighted by Gasteiger charge is 2.37. The largest absolute Gasteiger partial charge is 0.345 e. The zero-order valence-corrected chi connectivity index (χ0v) is 11.3. The third kappa shape index (κ3) is 2.01. The predicted molar refractivity (Wildman–Crippen MR) is 73.2 cm³/mol. The van der Waals surface area contributed by atoms with Gasteiger partial charge < -0.3 is 9.80 Å². The molecule has 0 aromatic heterocycles. The van der Waals surface area contributed by atoms with Crippen molar-refractivity contribution in [1.82, 2.24) is 4.90 Å². The summed E-state index contributed by atoms with van der Waals surface area (Å²) >= 11 is 0. The van der Waals surface area contributed by atoms with Crippen LogP contribution in [0.2, 0.25) is 0 Å². The minimum atomic E-state index is 0.0116. The number of nitrogens with zero attached hydrogens (tertiary/aromatic N) is 2. The van der Waals surface area contributed by atoms with Crippen LogP contribution in [0.5, 0.6) is 0 Å². The summed E-state index contributed by atoms with van der Waals surface area (Å²) in [5.41, 5.74) is 2.69. The molecule has 1 aromatic carbocycles. The highest BCUT2D eigenvalue weighted by molar-refractivity contribution is 6.02. The molecule has 19 heavy (non-hydrogen) atoms. The lowest BCUT2D eigenvalue weighted by Crippen LogP contribution is -2.30. The molecule has 0 atom stereocenters. The van der Waals surface area contributed by atoms with Crippen molar-refractivity contribution < 1.29 is 9.59 Å². The summed E-state index contributed by atoms with van der Waals surface area (Å²) in [6, 6.07) is 5.68. The minimum Gasteiger partial charge on any atom is -0.345 e. The molecule has 3 rings (SSSR count). The van der Waals surface area contributed by atoms with Crippen LogP contribution in [-0.2, 0) is 11.2 Å². The number of carbonyl (C=O) groups is 2. The maximum Gasteiger partial charge on any atom is 0.253 e. The topological polar surface area (TPSA) is 40.6 Å². The summed E-state index contributed by atoms with van der Waals surface area (Å²) in [5, 5.41) is 0. The number of rotatable bonds is 2. The van der Waals surface area contributed by atoms with Crippen LogP contribution in [-0.4, -0.2) is 37.4 Å². The Bertz CT molecular complexity index is 547. The lowest BCUT2D eigenvalue weighted by atomic mass is 10.0. The van der Waals surface area contributed by atoms with Crippen molar-refractivity contribution in [3.8, 4) is 0 Å². The fraction of sp³-hybridized carbons (Fsp3) is 0.467. The maximum absolute atomic E-state index is 12.2. The molecule has 1 heterocycles. The minimum absolute atomic E-state index is 0.0116. The van der Waals surface area contributed by atoms with E-state index < -0.39 is 0 Å². The van der Waals surface area contributed by atoms with Crippen LogP contribution in [0, 0.1) is 5.92 Å². The normalized spacial score (nSPS) is 17.3. The van der Waals surface area contributed by atoms with Gasteiger partial charge in [0.25, 0.3) is 5.91 Å². The number of carbonyl (C=O) groups excluding carboxylic acids is 2. The Labute approximate surface area is 113 Å². The predicted octanol–water partition coefficient (Wildman–Crippen LogP) is 1.69. The van der Waals surface area contributed by atoms with Gasteiger partial charge in [0.2, 0.25) is 5.91 Å². The van der Waals surface area contributed by atoms with Gasteiger partial charge in [0.15, 0.2) is 0 Å². The molecule has 1 fully saturated rings. The molecule has 0 radical (unpaired) electrons. The third-order valence-corrected chi connectivity index (χ3v) is 3.86. The molecule has 0 bridgehead atoms. The van der Waals surface area contributed by atoms with Crippen LogP contribution in [0.3, 0.4) is 0 Å². The first kappa shape index (κ1) is 12.2. The molecule has 2 amide bonds. The molecule has 1 aliphatic heterocycles. The number of hydrogen-bond donors (Lipinski definition) is 0. The Morgan fingerprint density at radius 3 is 2.63 bits per heavy atom. The second-order valence-electron chi connectivity index (χ2n) is 5.52. The van der Waals surface area contributed by atoms with Crippen molar-refractivity contribution in [3.63, 3.8) is 0 Å². The van der Waals surface area contributed by atoms with Gasteiger partial charge in [-0.1, -0.05) is 6.07 Å². The number of amides is 2. The van der Waals surface area contributed by atoms with Gasteiger partial charge in [0.1, 0.15) is 0 Å². The van der Waals surface area contributed by atoms with E-state index in [4.69, 9.17) is 0 Å². The Morgan fingerprint density at radius 2 is 2.00 bits per heavy atom. The molecule has 1 aromatic rings. The zero-order chi connectivity index (χ0) is 13.6. The van der Waals surface area contributed by atoms with Gasteiger partial charge in [0, 0.05) is 37.8 Å². The van der Waals surface area contributed by atoms with Crippen LogP contribution < -0.4 is 4.90 Å². The van der Waals surface area contributed by atoms with Gasteiger partial charge in [-0.15, -0.1) is 0 Å². The van der Waals surface area contributed by atoms with Crippen molar-refractivity contribution in [3.05, 3.63) is 29.3 Å². The number of hydrogen-bond acceptors (Lipinski definition) is 2. The molecular weight excluding hydrogens is 240 g/mol. The van der Waals surface area contributed by atoms with Crippen molar-refractivity contribution in [2.45, 2.75) is 19.3 Å². The SMILES string of the molecule is CN(C)C(=O)c1cccc2c1CCN2C(=O)C1CC1. The highest BCUT2D eigenvalue weighted by Crippen LogP contribution is 2.37. The quantitative estimate of drug-likeness (QED) is 0.810. The van der Waals surface area contributed by atoms with Gasteiger partial charge >= 0.3 is 0 Å². The van der Waals surface area contributed by atoms with Gasteiger partial charge in [-0.25, -0.2) is 0 Å². The Hall–Kier alpha value is -1.84. The van der Waals surface area contributed by atoms with Gasteiger partial charge in [-0.05, 0) is 37.0 Å². The standard InChI is InChI=1S/C15H18N2O2/c1-16(2)15(19)12-4-3-5-13-11(12)8-9-17(13)14(18)10-6-7-10/h3-5,10H,6-9H2,1-2H3. The van der Waals surface area contributed by atoms with Crippen molar-refractivity contribution >= 4 is 17.5 Å². The summed E-state index contributed by atoms with van der Waals surface area (Å²) in [5.74, 6) is 0.463. The van der Waals surface area contributed by atoms with E-state index in [0.717, 1.165) is 36.1 Å². The molecule has 4 heteroatoms. The molecule has 0 N–H and O–H groups in total. The molecule has 0 saturated heterocycles. The second-order valence-corrected chi connectivity index (χ2v) is 5.52. The van der Waals surface area contributed by atoms with E-state index >= 15 is 0 Å². The first-order valence-electron chi connectivity index (χ1n) is 6.74. The van der Waals surface area contributed by atoms with E-state index in [0.29, 0.717) is 6.54 Å². The van der Waals surface area contributed by atoms with Gasteiger partial charge in [-0.3, -0.25) is 9.59 Å². The van der Waals surface area contributed by atoms with E-state index in [9.17, 15) is 9.59 Å². The molecule has 0 unspecified atom stereocenters. The molecule has 1 aliphatic carbocycles. The van der Waals surface area contributed by atoms with Crippen LogP contribution >= 0.6 is 0 Å². The zero-order valence-electron chi connectivity index (χ0n) is 11.3. The van der Waals surface area contributed by atoms with E-state index in [1.165, 1.54) is 0 Å². The summed E-state index contributed by atoms with van der Waals surface area (Å²) in [6.07, 6.45) is 2.81. The maximum atomic E-state index is 12.2. The lowest BCUT2D eigenvalue weighted by molar-refractivity contribution is -0.119. The Morgan fingerprint density at radius 1 is 1.26 bits per heavy atom. The van der Waals surface area contributed by atoms with Crippen LogP contribution in [0.1, 0.15) is 28.8 Å². The lowest BCUT2D eigenvalue weighted by Gasteiger charge is -2.18. The number of benzene rings is 1. The fourth-order valence-electron chi connectivity index (χ4n) is 2.66. The summed E-state index contributed by atoms with van der Waals surface area (Å²) in [6.45, 7) is 0.711. The Kier molecular flexibility index (Phi) is 2.81. The molecule has 4 nitrogen and oxygen atoms in total. The first-order valence-corrected chi connectivity index (χ1v) is 6.74. The summed E-state index contributed by atoms with van der Waals surface area (Å²) in [4.78, 5) is 27.8. The van der Waals surface area contributed by atoms with Crippen LogP contribution in [0.15, 0.2) is 18.2 Å². The molecule has 0 spiro atoms. The average Bonchev–Trinajstić information content (AvgIpc) is 3.16. The monoisotopic (exact) mass is 258 g/mol. The van der Waals surface area contributed by atoms with Crippen molar-refractivity contribution in [2.24, 2.45) is 5.92 Å². The van der Waals surface area contributed by atoms with E-state index in [2.05, 4.69) is 0 Å². The molecule has 2 aliphatic rings. The van der Waals surface area contributed by atoms with E-state index in [1.807, 2.05) is 23.1 Å². The summed E-state index contributed by atoms with van der Waals surface area (Å²) in [7, 11) is 3.51. The van der Waals surface area contributed by atoms with E-state index in [1.54, 1.807) is 19.0 Å². The third-order valence-electron chi connectivity index (χ3n) is 3.86. The first-order chi connectivity index (χ1) is 9.09. The molecular formula is C15H18N2O2. The highest BCUT2D eigenvalue weighted by atomic mass is 16.2. The van der Waals surface area contributed by atoms with Crippen LogP contribution in [0.25, 0.3) is 0 Å². The average molecular weight is 258 g/mol. The van der Waals surface area contributed by atoms with Crippen LogP contribution in [0.4, 0.5) is 5.69 Å². The van der Waals surface area contributed by atoms with E-state index in [-0.39, 0.29) is 17.7 Å². The summed E-state index contributed by atoms with van der Waals surface area (Å²) < 4.78 is 0. The smallest absolute Gasteiger partial charge is 0.253 e. The number of fused-ring (bicyclic) bond motifs is 1. The molecule has 100 valence electrons. The number of anilines is 1. The van der Waals surface area contributed by atoms with Crippen molar-refractivity contribution in [2.75, 3.05) is 25.5 Å².